The minimum Gasteiger partial charge on any atom is -0.324 e. The molecule has 0 aliphatic rings. The number of carbonyl (C=O) groups is 1. The van der Waals surface area contributed by atoms with E-state index in [2.05, 4.69) is 20.6 Å². The van der Waals surface area contributed by atoms with E-state index >= 15 is 0 Å². The summed E-state index contributed by atoms with van der Waals surface area (Å²) in [6.07, 6.45) is 1.49. The van der Waals surface area contributed by atoms with Gasteiger partial charge in [0.1, 0.15) is 11.5 Å². The Hall–Kier alpha value is -2.99. The molecule has 0 saturated heterocycles. The molecule has 1 heterocycles. The Kier molecular flexibility index (Phi) is 5.14. The first-order chi connectivity index (χ1) is 12.4. The second-order valence-electron chi connectivity index (χ2n) is 5.72. The smallest absolute Gasteiger partial charge is 0.274 e. The number of aryl methyl sites for hydroxylation is 1. The summed E-state index contributed by atoms with van der Waals surface area (Å²) in [4.78, 5) is 20.8. The third-order valence-corrected chi connectivity index (χ3v) is 4.21. The number of hydrogen-bond donors (Lipinski definition) is 2. The van der Waals surface area contributed by atoms with Crippen molar-refractivity contribution in [2.75, 3.05) is 10.6 Å². The van der Waals surface area contributed by atoms with Crippen molar-refractivity contribution < 1.29 is 9.18 Å². The van der Waals surface area contributed by atoms with Crippen LogP contribution in [0.5, 0.6) is 0 Å². The number of nitrogens with zero attached hydrogens (tertiary/aromatic N) is 2. The van der Waals surface area contributed by atoms with Gasteiger partial charge in [0.25, 0.3) is 5.91 Å². The first-order valence-electron chi connectivity index (χ1n) is 7.87. The van der Waals surface area contributed by atoms with E-state index in [0.717, 1.165) is 16.8 Å². The molecule has 0 bridgehead atoms. The maximum absolute atomic E-state index is 13.2. The molecule has 5 nitrogen and oxygen atoms in total. The lowest BCUT2D eigenvalue weighted by atomic mass is 10.1. The zero-order chi connectivity index (χ0) is 18.7. The summed E-state index contributed by atoms with van der Waals surface area (Å²) in [5.74, 6) is -0.686. The highest BCUT2D eigenvalue weighted by atomic mass is 35.5. The van der Waals surface area contributed by atoms with E-state index in [4.69, 9.17) is 11.6 Å². The number of rotatable bonds is 4. The molecule has 0 aliphatic carbocycles. The number of amides is 1. The van der Waals surface area contributed by atoms with Gasteiger partial charge >= 0.3 is 0 Å². The SMILES string of the molecule is Cc1cccc(Nc2nccc(C(=O)Nc3ccc(F)c(Cl)c3)n2)c1C. The number of benzene rings is 2. The second kappa shape index (κ2) is 7.49. The van der Waals surface area contributed by atoms with Crippen molar-refractivity contribution in [2.24, 2.45) is 0 Å². The molecule has 0 spiro atoms. The molecule has 0 unspecified atom stereocenters. The molecule has 3 aromatic rings. The normalized spacial score (nSPS) is 10.5. The number of carbonyl (C=O) groups excluding carboxylic acids is 1. The molecule has 0 radical (unpaired) electrons. The Morgan fingerprint density at radius 3 is 2.73 bits per heavy atom. The average Bonchev–Trinajstić information content (AvgIpc) is 2.62. The number of hydrogen-bond acceptors (Lipinski definition) is 4. The summed E-state index contributed by atoms with van der Waals surface area (Å²) in [5.41, 5.74) is 3.63. The van der Waals surface area contributed by atoms with Crippen LogP contribution in [0.4, 0.5) is 21.7 Å². The van der Waals surface area contributed by atoms with Gasteiger partial charge in [-0.15, -0.1) is 0 Å². The van der Waals surface area contributed by atoms with E-state index in [1.807, 2.05) is 32.0 Å². The van der Waals surface area contributed by atoms with Crippen molar-refractivity contribution in [2.45, 2.75) is 13.8 Å². The molecule has 0 saturated carbocycles. The molecule has 2 N–H and O–H groups in total. The number of halogens is 2. The molecular weight excluding hydrogens is 355 g/mol. The molecule has 2 aromatic carbocycles. The van der Waals surface area contributed by atoms with Gasteiger partial charge in [-0.25, -0.2) is 14.4 Å². The highest BCUT2D eigenvalue weighted by Crippen LogP contribution is 2.22. The summed E-state index contributed by atoms with van der Waals surface area (Å²) < 4.78 is 13.2. The standard InChI is InChI=1S/C19H16ClFN4O/c1-11-4-3-5-16(12(11)2)24-19-22-9-8-17(25-19)18(26)23-13-6-7-15(21)14(20)10-13/h3-10H,1-2H3,(H,23,26)(H,22,24,25). The summed E-state index contributed by atoms with van der Waals surface area (Å²) in [5, 5.41) is 5.68. The maximum atomic E-state index is 13.2. The number of nitrogens with one attached hydrogen (secondary N) is 2. The van der Waals surface area contributed by atoms with Crippen molar-refractivity contribution in [1.29, 1.82) is 0 Å². The summed E-state index contributed by atoms with van der Waals surface area (Å²) in [6, 6.07) is 11.3. The van der Waals surface area contributed by atoms with Crippen LogP contribution in [0, 0.1) is 19.7 Å². The van der Waals surface area contributed by atoms with Crippen LogP contribution in [0.3, 0.4) is 0 Å². The van der Waals surface area contributed by atoms with Gasteiger partial charge in [-0.2, -0.15) is 0 Å². The quantitative estimate of drug-likeness (QED) is 0.686. The van der Waals surface area contributed by atoms with Crippen LogP contribution in [-0.2, 0) is 0 Å². The lowest BCUT2D eigenvalue weighted by molar-refractivity contribution is 0.102. The van der Waals surface area contributed by atoms with Crippen molar-refractivity contribution in [3.8, 4) is 0 Å². The van der Waals surface area contributed by atoms with Crippen molar-refractivity contribution in [3.05, 3.63) is 76.3 Å². The van der Waals surface area contributed by atoms with Gasteiger partial charge in [0.05, 0.1) is 5.02 Å². The Morgan fingerprint density at radius 2 is 1.96 bits per heavy atom. The first-order valence-corrected chi connectivity index (χ1v) is 8.24. The molecule has 0 atom stereocenters. The third-order valence-electron chi connectivity index (χ3n) is 3.92. The maximum Gasteiger partial charge on any atom is 0.274 e. The minimum absolute atomic E-state index is 0.0669. The van der Waals surface area contributed by atoms with Gasteiger partial charge in [-0.1, -0.05) is 23.7 Å². The lowest BCUT2D eigenvalue weighted by Gasteiger charge is -2.11. The van der Waals surface area contributed by atoms with Gasteiger partial charge in [0.15, 0.2) is 0 Å². The van der Waals surface area contributed by atoms with Crippen molar-refractivity contribution >= 4 is 34.8 Å². The number of aromatic nitrogens is 2. The minimum atomic E-state index is -0.549. The van der Waals surface area contributed by atoms with Crippen molar-refractivity contribution in [1.82, 2.24) is 9.97 Å². The molecule has 132 valence electrons. The Bertz CT molecular complexity index is 978. The molecule has 0 aliphatic heterocycles. The molecular formula is C19H16ClFN4O. The fourth-order valence-corrected chi connectivity index (χ4v) is 2.50. The van der Waals surface area contributed by atoms with Crippen LogP contribution >= 0.6 is 11.6 Å². The van der Waals surface area contributed by atoms with E-state index < -0.39 is 11.7 Å². The van der Waals surface area contributed by atoms with E-state index in [0.29, 0.717) is 11.6 Å². The van der Waals surface area contributed by atoms with Crippen LogP contribution < -0.4 is 10.6 Å². The Morgan fingerprint density at radius 1 is 1.15 bits per heavy atom. The van der Waals surface area contributed by atoms with E-state index in [1.54, 1.807) is 0 Å². The second-order valence-corrected chi connectivity index (χ2v) is 6.13. The van der Waals surface area contributed by atoms with Crippen LogP contribution in [0.2, 0.25) is 5.02 Å². The molecule has 0 fully saturated rings. The largest absolute Gasteiger partial charge is 0.324 e. The predicted octanol–water partition coefficient (Wildman–Crippen LogP) is 4.88. The van der Waals surface area contributed by atoms with Crippen LogP contribution in [0.25, 0.3) is 0 Å². The highest BCUT2D eigenvalue weighted by molar-refractivity contribution is 6.31. The lowest BCUT2D eigenvalue weighted by Crippen LogP contribution is -2.15. The molecule has 26 heavy (non-hydrogen) atoms. The third kappa shape index (κ3) is 3.97. The van der Waals surface area contributed by atoms with E-state index in [1.165, 1.54) is 30.5 Å². The van der Waals surface area contributed by atoms with Crippen LogP contribution in [-0.4, -0.2) is 15.9 Å². The van der Waals surface area contributed by atoms with E-state index in [-0.39, 0.29) is 10.7 Å². The topological polar surface area (TPSA) is 66.9 Å². The highest BCUT2D eigenvalue weighted by Gasteiger charge is 2.11. The zero-order valence-corrected chi connectivity index (χ0v) is 14.9. The number of anilines is 3. The Labute approximate surface area is 155 Å². The monoisotopic (exact) mass is 370 g/mol. The molecule has 1 aromatic heterocycles. The van der Waals surface area contributed by atoms with Gasteiger partial charge < -0.3 is 10.6 Å². The molecule has 1 amide bonds. The summed E-state index contributed by atoms with van der Waals surface area (Å²) in [7, 11) is 0. The fourth-order valence-electron chi connectivity index (χ4n) is 2.32. The van der Waals surface area contributed by atoms with Gasteiger partial charge in [0, 0.05) is 17.6 Å². The molecule has 7 heteroatoms. The van der Waals surface area contributed by atoms with Crippen molar-refractivity contribution in [3.63, 3.8) is 0 Å². The zero-order valence-electron chi connectivity index (χ0n) is 14.2. The van der Waals surface area contributed by atoms with E-state index in [9.17, 15) is 9.18 Å². The first kappa shape index (κ1) is 17.8. The van der Waals surface area contributed by atoms with Gasteiger partial charge in [-0.3, -0.25) is 4.79 Å². The summed E-state index contributed by atoms with van der Waals surface area (Å²) >= 11 is 5.72. The molecule has 3 rings (SSSR count). The van der Waals surface area contributed by atoms with Gasteiger partial charge in [0.2, 0.25) is 5.95 Å². The van der Waals surface area contributed by atoms with Crippen LogP contribution in [0.15, 0.2) is 48.7 Å². The average molecular weight is 371 g/mol. The summed E-state index contributed by atoms with van der Waals surface area (Å²) in [6.45, 7) is 4.01. The Balaban J connectivity index is 1.79. The fraction of sp³-hybridized carbons (Fsp3) is 0.105. The van der Waals surface area contributed by atoms with Crippen LogP contribution in [0.1, 0.15) is 21.6 Å². The predicted molar refractivity (Wildman–Crippen MR) is 101 cm³/mol. The van der Waals surface area contributed by atoms with Gasteiger partial charge in [-0.05, 0) is 55.3 Å².